The highest BCUT2D eigenvalue weighted by molar-refractivity contribution is 5.81. The Balaban J connectivity index is 2.75. The molecule has 68 valence electrons. The molecule has 0 fully saturated rings. The van der Waals surface area contributed by atoms with Gasteiger partial charge >= 0.3 is 0 Å². The summed E-state index contributed by atoms with van der Waals surface area (Å²) in [5.74, 6) is 0.628. The number of aliphatic hydroxyl groups is 1. The number of hydrogen-bond acceptors (Lipinski definition) is 2. The van der Waals surface area contributed by atoms with Crippen molar-refractivity contribution in [3.63, 3.8) is 0 Å². The summed E-state index contributed by atoms with van der Waals surface area (Å²) >= 11 is 0. The lowest BCUT2D eigenvalue weighted by Crippen LogP contribution is -1.76. The first kappa shape index (κ1) is 8.32. The number of benzene rings is 1. The molecule has 0 atom stereocenters. The second kappa shape index (κ2) is 2.89. The van der Waals surface area contributed by atoms with Crippen molar-refractivity contribution >= 4 is 11.0 Å². The van der Waals surface area contributed by atoms with Gasteiger partial charge in [0.1, 0.15) is 18.0 Å². The van der Waals surface area contributed by atoms with Gasteiger partial charge in [-0.2, -0.15) is 0 Å². The third-order valence-corrected chi connectivity index (χ3v) is 2.15. The van der Waals surface area contributed by atoms with Gasteiger partial charge in [0.25, 0.3) is 0 Å². The molecule has 1 N–H and O–H groups in total. The van der Waals surface area contributed by atoms with Crippen molar-refractivity contribution in [3.05, 3.63) is 35.1 Å². The van der Waals surface area contributed by atoms with Crippen LogP contribution in [0.15, 0.2) is 22.6 Å². The summed E-state index contributed by atoms with van der Waals surface area (Å²) < 4.78 is 5.45. The fraction of sp³-hybridized carbons (Fsp3) is 0.273. The lowest BCUT2D eigenvalue weighted by molar-refractivity contribution is 0.251. The Morgan fingerprint density at radius 1 is 1.23 bits per heavy atom. The first-order valence-electron chi connectivity index (χ1n) is 4.31. The molecule has 0 spiro atoms. The molecule has 2 rings (SSSR count). The molecule has 0 amide bonds. The molecule has 0 aliphatic carbocycles. The molecule has 1 aromatic carbocycles. The Kier molecular flexibility index (Phi) is 1.85. The summed E-state index contributed by atoms with van der Waals surface area (Å²) in [4.78, 5) is 0. The van der Waals surface area contributed by atoms with E-state index in [1.54, 1.807) is 0 Å². The maximum Gasteiger partial charge on any atom is 0.137 e. The van der Waals surface area contributed by atoms with E-state index in [2.05, 4.69) is 19.1 Å². The molecule has 2 nitrogen and oxygen atoms in total. The maximum absolute atomic E-state index is 8.91. The van der Waals surface area contributed by atoms with Gasteiger partial charge in [0.05, 0.1) is 0 Å². The van der Waals surface area contributed by atoms with Crippen LogP contribution in [0, 0.1) is 13.8 Å². The van der Waals surface area contributed by atoms with E-state index in [9.17, 15) is 0 Å². The average Bonchev–Trinajstić information content (AvgIpc) is 2.47. The summed E-state index contributed by atoms with van der Waals surface area (Å²) in [7, 11) is 0. The van der Waals surface area contributed by atoms with Gasteiger partial charge in [0.2, 0.25) is 0 Å². The predicted octanol–water partition coefficient (Wildman–Crippen LogP) is 2.54. The van der Waals surface area contributed by atoms with Crippen LogP contribution in [0.1, 0.15) is 16.9 Å². The minimum Gasteiger partial charge on any atom is -0.458 e. The Morgan fingerprint density at radius 3 is 2.69 bits per heavy atom. The van der Waals surface area contributed by atoms with Crippen LogP contribution < -0.4 is 0 Å². The van der Waals surface area contributed by atoms with E-state index in [1.807, 2.05) is 13.0 Å². The van der Waals surface area contributed by atoms with Gasteiger partial charge in [-0.1, -0.05) is 11.6 Å². The molecule has 2 aromatic rings. The molecule has 0 bridgehead atoms. The molecule has 0 aliphatic heterocycles. The number of aryl methyl sites for hydroxylation is 2. The minimum absolute atomic E-state index is 0.0346. The zero-order chi connectivity index (χ0) is 9.42. The Bertz CT molecular complexity index is 441. The van der Waals surface area contributed by atoms with Gasteiger partial charge in [-0.25, -0.2) is 0 Å². The Labute approximate surface area is 76.8 Å². The van der Waals surface area contributed by atoms with Crippen molar-refractivity contribution in [2.45, 2.75) is 20.5 Å². The highest BCUT2D eigenvalue weighted by Gasteiger charge is 2.05. The number of fused-ring (bicyclic) bond motifs is 1. The topological polar surface area (TPSA) is 33.4 Å². The van der Waals surface area contributed by atoms with Crippen LogP contribution in [0.3, 0.4) is 0 Å². The second-order valence-electron chi connectivity index (χ2n) is 3.37. The Hall–Kier alpha value is -1.28. The van der Waals surface area contributed by atoms with E-state index in [0.717, 1.165) is 16.5 Å². The summed E-state index contributed by atoms with van der Waals surface area (Å²) in [6.45, 7) is 4.03. The van der Waals surface area contributed by atoms with Crippen LogP contribution >= 0.6 is 0 Å². The van der Waals surface area contributed by atoms with Gasteiger partial charge in [0.15, 0.2) is 0 Å². The fourth-order valence-corrected chi connectivity index (χ4v) is 1.65. The van der Waals surface area contributed by atoms with Gasteiger partial charge in [0, 0.05) is 5.39 Å². The minimum atomic E-state index is -0.0346. The molecule has 0 saturated carbocycles. The van der Waals surface area contributed by atoms with Crippen LogP contribution in [-0.4, -0.2) is 5.11 Å². The molecule has 0 aliphatic rings. The van der Waals surface area contributed by atoms with E-state index in [0.29, 0.717) is 5.76 Å². The van der Waals surface area contributed by atoms with Crippen LogP contribution in [0.5, 0.6) is 0 Å². The van der Waals surface area contributed by atoms with Crippen LogP contribution in [0.4, 0.5) is 0 Å². The molecule has 1 heterocycles. The molecule has 2 heteroatoms. The lowest BCUT2D eigenvalue weighted by atomic mass is 10.1. The van der Waals surface area contributed by atoms with E-state index in [-0.39, 0.29) is 6.61 Å². The van der Waals surface area contributed by atoms with Crippen molar-refractivity contribution in [1.82, 2.24) is 0 Å². The van der Waals surface area contributed by atoms with E-state index < -0.39 is 0 Å². The highest BCUT2D eigenvalue weighted by Crippen LogP contribution is 2.24. The largest absolute Gasteiger partial charge is 0.458 e. The summed E-state index contributed by atoms with van der Waals surface area (Å²) in [5.41, 5.74) is 3.22. The quantitative estimate of drug-likeness (QED) is 0.724. The predicted molar refractivity (Wildman–Crippen MR) is 51.6 cm³/mol. The fourth-order valence-electron chi connectivity index (χ4n) is 1.65. The summed E-state index contributed by atoms with van der Waals surface area (Å²) in [5, 5.41) is 9.98. The first-order chi connectivity index (χ1) is 6.20. The lowest BCUT2D eigenvalue weighted by Gasteiger charge is -1.96. The van der Waals surface area contributed by atoms with Crippen LogP contribution in [0.2, 0.25) is 0 Å². The van der Waals surface area contributed by atoms with Crippen LogP contribution in [0.25, 0.3) is 11.0 Å². The molecular weight excluding hydrogens is 164 g/mol. The number of furan rings is 1. The molecule has 13 heavy (non-hydrogen) atoms. The molecule has 0 saturated heterocycles. The van der Waals surface area contributed by atoms with Crippen molar-refractivity contribution in [2.75, 3.05) is 0 Å². The van der Waals surface area contributed by atoms with Crippen molar-refractivity contribution in [3.8, 4) is 0 Å². The monoisotopic (exact) mass is 176 g/mol. The van der Waals surface area contributed by atoms with Gasteiger partial charge < -0.3 is 9.52 Å². The van der Waals surface area contributed by atoms with E-state index in [1.165, 1.54) is 5.56 Å². The molecular formula is C11H12O2. The first-order valence-corrected chi connectivity index (χ1v) is 4.31. The molecule has 0 radical (unpaired) electrons. The third kappa shape index (κ3) is 1.33. The molecule has 1 aromatic heterocycles. The highest BCUT2D eigenvalue weighted by atomic mass is 16.4. The van der Waals surface area contributed by atoms with Crippen molar-refractivity contribution in [2.24, 2.45) is 0 Å². The third-order valence-electron chi connectivity index (χ3n) is 2.15. The molecule has 0 unspecified atom stereocenters. The zero-order valence-corrected chi connectivity index (χ0v) is 7.79. The van der Waals surface area contributed by atoms with Gasteiger partial charge in [-0.15, -0.1) is 0 Å². The second-order valence-corrected chi connectivity index (χ2v) is 3.37. The van der Waals surface area contributed by atoms with Crippen molar-refractivity contribution < 1.29 is 9.52 Å². The number of aliphatic hydroxyl groups excluding tert-OH is 1. The Morgan fingerprint density at radius 2 is 2.00 bits per heavy atom. The van der Waals surface area contributed by atoms with Crippen molar-refractivity contribution in [1.29, 1.82) is 0 Å². The average molecular weight is 176 g/mol. The standard InChI is InChI=1S/C11H12O2/c1-7-3-8(2)11-9(4-7)5-10(6-12)13-11/h3-5,12H,6H2,1-2H3. The zero-order valence-electron chi connectivity index (χ0n) is 7.79. The van der Waals surface area contributed by atoms with Crippen LogP contribution in [-0.2, 0) is 6.61 Å². The SMILES string of the molecule is Cc1cc(C)c2oc(CO)cc2c1. The van der Waals surface area contributed by atoms with E-state index >= 15 is 0 Å². The normalized spacial score (nSPS) is 11.0. The maximum atomic E-state index is 8.91. The van der Waals surface area contributed by atoms with E-state index in [4.69, 9.17) is 9.52 Å². The number of rotatable bonds is 1. The number of hydrogen-bond donors (Lipinski definition) is 1. The smallest absolute Gasteiger partial charge is 0.137 e. The summed E-state index contributed by atoms with van der Waals surface area (Å²) in [6, 6.07) is 6.02. The van der Waals surface area contributed by atoms with Gasteiger partial charge in [-0.05, 0) is 31.5 Å². The van der Waals surface area contributed by atoms with Gasteiger partial charge in [-0.3, -0.25) is 0 Å². The summed E-state index contributed by atoms with van der Waals surface area (Å²) in [6.07, 6.45) is 0.